The molecule has 3 aromatic carbocycles. The monoisotopic (exact) mass is 416 g/mol. The molecule has 1 heterocycles. The molecule has 30 heavy (non-hydrogen) atoms. The molecular weight excluding hydrogens is 395 g/mol. The van der Waals surface area contributed by atoms with Gasteiger partial charge < -0.3 is 14.4 Å². The Balaban J connectivity index is 1.78. The number of para-hydroxylation sites is 3. The van der Waals surface area contributed by atoms with Gasteiger partial charge in [0.25, 0.3) is 0 Å². The van der Waals surface area contributed by atoms with Gasteiger partial charge >= 0.3 is 7.60 Å². The van der Waals surface area contributed by atoms with Gasteiger partial charge in [-0.15, -0.1) is 0 Å². The predicted molar refractivity (Wildman–Crippen MR) is 119 cm³/mol. The second kappa shape index (κ2) is 9.29. The normalized spacial score (nSPS) is 12.0. The molecule has 0 fully saturated rings. The van der Waals surface area contributed by atoms with Crippen molar-refractivity contribution in [2.24, 2.45) is 0 Å². The number of hydrogen-bond acceptors (Lipinski definition) is 5. The number of nitrogens with zero attached hydrogens (tertiary/aromatic N) is 1. The van der Waals surface area contributed by atoms with Crippen LogP contribution in [0.4, 0.5) is 5.69 Å². The zero-order valence-corrected chi connectivity index (χ0v) is 17.1. The Labute approximate surface area is 175 Å². The first-order valence-corrected chi connectivity index (χ1v) is 11.1. The van der Waals surface area contributed by atoms with Gasteiger partial charge in [-0.1, -0.05) is 54.6 Å². The zero-order chi connectivity index (χ0) is 20.7. The van der Waals surface area contributed by atoms with Crippen molar-refractivity contribution in [2.75, 3.05) is 5.32 Å². The van der Waals surface area contributed by atoms with Crippen molar-refractivity contribution in [1.29, 1.82) is 0 Å². The van der Waals surface area contributed by atoms with Crippen molar-refractivity contribution in [3.8, 4) is 11.5 Å². The van der Waals surface area contributed by atoms with E-state index in [1.807, 2.05) is 66.7 Å². The zero-order valence-electron chi connectivity index (χ0n) is 16.2. The molecule has 0 radical (unpaired) electrons. The fourth-order valence-electron chi connectivity index (χ4n) is 2.96. The van der Waals surface area contributed by atoms with Gasteiger partial charge in [-0.3, -0.25) is 4.98 Å². The van der Waals surface area contributed by atoms with Crippen molar-refractivity contribution in [3.05, 3.63) is 121 Å². The van der Waals surface area contributed by atoms with E-state index < -0.39 is 13.4 Å². The molecule has 0 bridgehead atoms. The molecule has 4 rings (SSSR count). The minimum absolute atomic E-state index is 0.464. The van der Waals surface area contributed by atoms with E-state index in [1.165, 1.54) is 0 Å². The van der Waals surface area contributed by atoms with Crippen LogP contribution in [0, 0.1) is 0 Å². The fraction of sp³-hybridized carbons (Fsp3) is 0.0417. The molecule has 0 saturated carbocycles. The van der Waals surface area contributed by atoms with Crippen molar-refractivity contribution in [1.82, 2.24) is 4.98 Å². The van der Waals surface area contributed by atoms with Crippen LogP contribution in [-0.2, 0) is 4.57 Å². The third-order valence-electron chi connectivity index (χ3n) is 4.37. The number of aromatic nitrogens is 1. The first kappa shape index (κ1) is 19.7. The number of anilines is 1. The lowest BCUT2D eigenvalue weighted by molar-refractivity contribution is 0.376. The van der Waals surface area contributed by atoms with Crippen molar-refractivity contribution >= 4 is 13.3 Å². The summed E-state index contributed by atoms with van der Waals surface area (Å²) in [5, 5.41) is 3.34. The Morgan fingerprint density at radius 3 is 1.63 bits per heavy atom. The maximum absolute atomic E-state index is 14.3. The second-order valence-electron chi connectivity index (χ2n) is 6.54. The maximum Gasteiger partial charge on any atom is 0.457 e. The molecule has 0 aliphatic carbocycles. The number of benzene rings is 3. The van der Waals surface area contributed by atoms with Crippen LogP contribution < -0.4 is 14.4 Å². The van der Waals surface area contributed by atoms with Gasteiger partial charge in [0.05, 0.1) is 0 Å². The summed E-state index contributed by atoms with van der Waals surface area (Å²) in [7, 11) is -3.80. The van der Waals surface area contributed by atoms with Gasteiger partial charge in [-0.25, -0.2) is 4.57 Å². The topological polar surface area (TPSA) is 60.5 Å². The van der Waals surface area contributed by atoms with Gasteiger partial charge in [-0.05, 0) is 54.1 Å². The van der Waals surface area contributed by atoms with E-state index in [4.69, 9.17) is 9.05 Å². The molecule has 0 spiro atoms. The summed E-state index contributed by atoms with van der Waals surface area (Å²) in [5.41, 5.74) is 1.54. The highest BCUT2D eigenvalue weighted by atomic mass is 31.2. The van der Waals surface area contributed by atoms with Crippen molar-refractivity contribution < 1.29 is 13.6 Å². The van der Waals surface area contributed by atoms with Crippen LogP contribution >= 0.6 is 7.60 Å². The summed E-state index contributed by atoms with van der Waals surface area (Å²) in [6, 6.07) is 31.2. The van der Waals surface area contributed by atoms with Gasteiger partial charge in [0.2, 0.25) is 0 Å². The van der Waals surface area contributed by atoms with Gasteiger partial charge in [0.1, 0.15) is 11.5 Å². The predicted octanol–water partition coefficient (Wildman–Crippen LogP) is 6.54. The standard InChI is InChI=1S/C24H21N2O3P/c27-30(28-22-12-6-2-7-13-22,29-23-14-8-3-9-15-23)24(20-16-18-25-19-17-20)26-21-10-4-1-5-11-21/h1-19,24,26H/t24-/m1/s1. The van der Waals surface area contributed by atoms with Crippen LogP contribution in [-0.4, -0.2) is 4.98 Å². The smallest absolute Gasteiger partial charge is 0.414 e. The van der Waals surface area contributed by atoms with Crippen LogP contribution in [0.1, 0.15) is 11.3 Å². The molecular formula is C24H21N2O3P. The molecule has 1 atom stereocenters. The fourth-order valence-corrected chi connectivity index (χ4v) is 4.89. The van der Waals surface area contributed by atoms with Crippen LogP contribution in [0.5, 0.6) is 11.5 Å². The molecule has 5 nitrogen and oxygen atoms in total. The Kier molecular flexibility index (Phi) is 6.11. The molecule has 4 aromatic rings. The third kappa shape index (κ3) is 4.88. The average Bonchev–Trinajstić information content (AvgIpc) is 2.80. The number of hydrogen-bond donors (Lipinski definition) is 1. The Morgan fingerprint density at radius 2 is 1.13 bits per heavy atom. The molecule has 0 aliphatic heterocycles. The van der Waals surface area contributed by atoms with E-state index in [9.17, 15) is 4.57 Å². The highest BCUT2D eigenvalue weighted by Crippen LogP contribution is 2.60. The van der Waals surface area contributed by atoms with E-state index in [-0.39, 0.29) is 0 Å². The Morgan fingerprint density at radius 1 is 0.667 bits per heavy atom. The van der Waals surface area contributed by atoms with E-state index in [1.54, 1.807) is 48.8 Å². The summed E-state index contributed by atoms with van der Waals surface area (Å²) >= 11 is 0. The van der Waals surface area contributed by atoms with Crippen LogP contribution in [0.3, 0.4) is 0 Å². The van der Waals surface area contributed by atoms with Crippen LogP contribution in [0.2, 0.25) is 0 Å². The van der Waals surface area contributed by atoms with Gasteiger partial charge in [0, 0.05) is 18.1 Å². The summed E-state index contributed by atoms with van der Waals surface area (Å²) in [6.07, 6.45) is 3.31. The van der Waals surface area contributed by atoms with E-state index in [0.717, 1.165) is 11.3 Å². The largest absolute Gasteiger partial charge is 0.457 e. The van der Waals surface area contributed by atoms with Crippen molar-refractivity contribution in [2.45, 2.75) is 5.78 Å². The molecule has 6 heteroatoms. The SMILES string of the molecule is O=P(Oc1ccccc1)(Oc1ccccc1)[C@@H](Nc1ccccc1)c1ccncc1. The minimum atomic E-state index is -3.80. The Bertz CT molecular complexity index is 1050. The molecule has 150 valence electrons. The Hall–Kier alpha value is -3.56. The first-order valence-electron chi connectivity index (χ1n) is 9.53. The molecule has 0 saturated heterocycles. The molecule has 0 aliphatic rings. The molecule has 0 amide bonds. The van der Waals surface area contributed by atoms with E-state index >= 15 is 0 Å². The van der Waals surface area contributed by atoms with Crippen molar-refractivity contribution in [3.63, 3.8) is 0 Å². The number of rotatable bonds is 8. The highest BCUT2D eigenvalue weighted by molar-refractivity contribution is 7.55. The lowest BCUT2D eigenvalue weighted by Gasteiger charge is -2.29. The number of nitrogens with one attached hydrogen (secondary N) is 1. The molecule has 1 N–H and O–H groups in total. The molecule has 1 aromatic heterocycles. The van der Waals surface area contributed by atoms with Gasteiger partial charge in [0.15, 0.2) is 5.78 Å². The summed E-state index contributed by atoms with van der Waals surface area (Å²) < 4.78 is 26.4. The van der Waals surface area contributed by atoms with Crippen LogP contribution in [0.15, 0.2) is 116 Å². The van der Waals surface area contributed by atoms with Crippen LogP contribution in [0.25, 0.3) is 0 Å². The summed E-state index contributed by atoms with van der Waals surface area (Å²) in [6.45, 7) is 0. The maximum atomic E-state index is 14.3. The van der Waals surface area contributed by atoms with E-state index in [0.29, 0.717) is 11.5 Å². The molecule has 0 unspecified atom stereocenters. The van der Waals surface area contributed by atoms with Gasteiger partial charge in [-0.2, -0.15) is 0 Å². The van der Waals surface area contributed by atoms with E-state index in [2.05, 4.69) is 10.3 Å². The number of pyridine rings is 1. The third-order valence-corrected chi connectivity index (χ3v) is 6.36. The quantitative estimate of drug-likeness (QED) is 0.330. The lowest BCUT2D eigenvalue weighted by atomic mass is 10.2. The summed E-state index contributed by atoms with van der Waals surface area (Å²) in [4.78, 5) is 4.09. The second-order valence-corrected chi connectivity index (χ2v) is 8.50. The first-order chi connectivity index (χ1) is 14.7. The highest BCUT2D eigenvalue weighted by Gasteiger charge is 2.41. The summed E-state index contributed by atoms with van der Waals surface area (Å²) in [5.74, 6) is 0.166. The minimum Gasteiger partial charge on any atom is -0.414 e. The average molecular weight is 416 g/mol. The lowest BCUT2D eigenvalue weighted by Crippen LogP contribution is -2.18.